The maximum atomic E-state index is 14.2. The standard InChI is InChI=1S/C24H14FN5O2/c25-17-7-1-4-10-20(17)32-23-16(24(31)30-12-6-5-11-21(30)29-23)13-15(14-26)22-27-18-8-2-3-9-19(18)28-22/h1-13H,(H,27,28). The lowest BCUT2D eigenvalue weighted by Crippen LogP contribution is -2.18. The number of aromatic amines is 1. The Balaban J connectivity index is 1.72. The third kappa shape index (κ3) is 3.38. The molecule has 0 saturated carbocycles. The monoisotopic (exact) mass is 423 g/mol. The quantitative estimate of drug-likeness (QED) is 0.427. The summed E-state index contributed by atoms with van der Waals surface area (Å²) in [6.07, 6.45) is 2.91. The maximum absolute atomic E-state index is 14.2. The second-order valence-electron chi connectivity index (χ2n) is 6.87. The summed E-state index contributed by atoms with van der Waals surface area (Å²) < 4.78 is 21.2. The molecule has 0 spiro atoms. The lowest BCUT2D eigenvalue weighted by atomic mass is 10.2. The molecule has 0 amide bonds. The number of fused-ring (bicyclic) bond motifs is 2. The van der Waals surface area contributed by atoms with Crippen LogP contribution in [0.4, 0.5) is 4.39 Å². The highest BCUT2D eigenvalue weighted by Crippen LogP contribution is 2.27. The molecule has 0 aliphatic rings. The molecule has 3 aromatic heterocycles. The molecule has 32 heavy (non-hydrogen) atoms. The van der Waals surface area contributed by atoms with Crippen molar-refractivity contribution in [3.8, 4) is 17.7 Å². The normalized spacial score (nSPS) is 11.6. The summed E-state index contributed by atoms with van der Waals surface area (Å²) in [6, 6.07) is 20.2. The van der Waals surface area contributed by atoms with E-state index < -0.39 is 11.4 Å². The Morgan fingerprint density at radius 1 is 1.06 bits per heavy atom. The van der Waals surface area contributed by atoms with Crippen LogP contribution in [0.15, 0.2) is 77.7 Å². The number of nitriles is 1. The molecule has 5 aromatic rings. The van der Waals surface area contributed by atoms with Crippen molar-refractivity contribution in [2.45, 2.75) is 0 Å². The average Bonchev–Trinajstić information content (AvgIpc) is 3.24. The first kappa shape index (κ1) is 19.2. The first-order valence-corrected chi connectivity index (χ1v) is 9.65. The minimum atomic E-state index is -0.602. The number of pyridine rings is 1. The van der Waals surface area contributed by atoms with E-state index in [4.69, 9.17) is 4.74 Å². The van der Waals surface area contributed by atoms with Gasteiger partial charge in [0.15, 0.2) is 11.6 Å². The molecular formula is C24H14FN5O2. The second kappa shape index (κ2) is 7.81. The highest BCUT2D eigenvalue weighted by Gasteiger charge is 2.17. The molecule has 0 atom stereocenters. The van der Waals surface area contributed by atoms with Crippen LogP contribution in [0.5, 0.6) is 11.6 Å². The molecule has 1 N–H and O–H groups in total. The Morgan fingerprint density at radius 3 is 2.66 bits per heavy atom. The average molecular weight is 423 g/mol. The number of ether oxygens (including phenoxy) is 1. The zero-order valence-electron chi connectivity index (χ0n) is 16.5. The number of para-hydroxylation sites is 3. The molecule has 0 aliphatic heterocycles. The Bertz CT molecular complexity index is 1580. The molecule has 0 aliphatic carbocycles. The van der Waals surface area contributed by atoms with E-state index in [0.717, 1.165) is 5.52 Å². The van der Waals surface area contributed by atoms with E-state index >= 15 is 0 Å². The van der Waals surface area contributed by atoms with Gasteiger partial charge in [0.05, 0.1) is 16.6 Å². The number of hydrogen-bond donors (Lipinski definition) is 1. The number of halogens is 1. The van der Waals surface area contributed by atoms with Crippen molar-refractivity contribution in [2.75, 3.05) is 0 Å². The topological polar surface area (TPSA) is 96.1 Å². The summed E-state index contributed by atoms with van der Waals surface area (Å²) >= 11 is 0. The van der Waals surface area contributed by atoms with Crippen molar-refractivity contribution in [3.05, 3.63) is 100 Å². The Morgan fingerprint density at radius 2 is 1.84 bits per heavy atom. The van der Waals surface area contributed by atoms with Crippen LogP contribution >= 0.6 is 0 Å². The molecule has 0 unspecified atom stereocenters. The molecule has 0 saturated heterocycles. The van der Waals surface area contributed by atoms with Crippen molar-refractivity contribution in [1.82, 2.24) is 19.4 Å². The van der Waals surface area contributed by atoms with Gasteiger partial charge in [0.25, 0.3) is 5.56 Å². The van der Waals surface area contributed by atoms with Crippen LogP contribution in [-0.4, -0.2) is 19.4 Å². The lowest BCUT2D eigenvalue weighted by Gasteiger charge is -2.10. The molecule has 7 nitrogen and oxygen atoms in total. The van der Waals surface area contributed by atoms with Crippen LogP contribution in [0.1, 0.15) is 11.4 Å². The maximum Gasteiger partial charge on any atom is 0.269 e. The van der Waals surface area contributed by atoms with Gasteiger partial charge in [-0.2, -0.15) is 10.2 Å². The van der Waals surface area contributed by atoms with Gasteiger partial charge in [-0.05, 0) is 42.5 Å². The summed E-state index contributed by atoms with van der Waals surface area (Å²) in [5.41, 5.74) is 1.39. The second-order valence-corrected chi connectivity index (χ2v) is 6.87. The molecule has 5 rings (SSSR count). The number of nitrogens with one attached hydrogen (secondary N) is 1. The summed E-state index contributed by atoms with van der Waals surface area (Å²) in [5.74, 6) is -0.509. The largest absolute Gasteiger partial charge is 0.435 e. The number of benzene rings is 2. The van der Waals surface area contributed by atoms with Gasteiger partial charge in [0.2, 0.25) is 5.88 Å². The number of rotatable bonds is 4. The first-order chi connectivity index (χ1) is 15.6. The fraction of sp³-hybridized carbons (Fsp3) is 0. The van der Waals surface area contributed by atoms with Crippen LogP contribution in [0.25, 0.3) is 28.3 Å². The molecule has 8 heteroatoms. The smallest absolute Gasteiger partial charge is 0.269 e. The Labute approximate surface area is 180 Å². The number of H-pyrrole nitrogens is 1. The summed E-state index contributed by atoms with van der Waals surface area (Å²) in [5, 5.41) is 9.79. The van der Waals surface area contributed by atoms with Gasteiger partial charge in [-0.3, -0.25) is 9.20 Å². The van der Waals surface area contributed by atoms with Gasteiger partial charge < -0.3 is 9.72 Å². The van der Waals surface area contributed by atoms with Crippen molar-refractivity contribution in [1.29, 1.82) is 5.26 Å². The van der Waals surface area contributed by atoms with Crippen molar-refractivity contribution in [3.63, 3.8) is 0 Å². The van der Waals surface area contributed by atoms with Crippen LogP contribution in [0.3, 0.4) is 0 Å². The van der Waals surface area contributed by atoms with E-state index in [-0.39, 0.29) is 22.8 Å². The van der Waals surface area contributed by atoms with Gasteiger partial charge in [-0.25, -0.2) is 9.37 Å². The minimum absolute atomic E-state index is 0.00559. The van der Waals surface area contributed by atoms with Gasteiger partial charge in [0.1, 0.15) is 23.1 Å². The molecule has 0 bridgehead atoms. The molecule has 2 aromatic carbocycles. The molecule has 0 radical (unpaired) electrons. The number of hydrogen-bond acceptors (Lipinski definition) is 5. The highest BCUT2D eigenvalue weighted by molar-refractivity contribution is 5.91. The summed E-state index contributed by atoms with van der Waals surface area (Å²) in [7, 11) is 0. The number of imidazole rings is 1. The highest BCUT2D eigenvalue weighted by atomic mass is 19.1. The SMILES string of the molecule is N#CC(=Cc1c(Oc2ccccc2F)nc2ccccn2c1=O)c1nc2ccccc2[nH]1. The minimum Gasteiger partial charge on any atom is -0.435 e. The summed E-state index contributed by atoms with van der Waals surface area (Å²) in [6.45, 7) is 0. The predicted molar refractivity (Wildman–Crippen MR) is 118 cm³/mol. The Hall–Kier alpha value is -4.77. The van der Waals surface area contributed by atoms with E-state index in [9.17, 15) is 14.4 Å². The van der Waals surface area contributed by atoms with Crippen molar-refractivity contribution >= 4 is 28.3 Å². The van der Waals surface area contributed by atoms with Gasteiger partial charge in [-0.15, -0.1) is 0 Å². The number of allylic oxidation sites excluding steroid dienone is 1. The van der Waals surface area contributed by atoms with Gasteiger partial charge in [-0.1, -0.05) is 30.3 Å². The molecule has 154 valence electrons. The number of aromatic nitrogens is 4. The first-order valence-electron chi connectivity index (χ1n) is 9.65. The fourth-order valence-electron chi connectivity index (χ4n) is 3.29. The van der Waals surface area contributed by atoms with Gasteiger partial charge in [0, 0.05) is 6.20 Å². The number of nitrogens with zero attached hydrogens (tertiary/aromatic N) is 4. The Kier molecular flexibility index (Phi) is 4.69. The fourth-order valence-corrected chi connectivity index (χ4v) is 3.29. The van der Waals surface area contributed by atoms with Crippen LogP contribution in [0, 0.1) is 17.1 Å². The van der Waals surface area contributed by atoms with E-state index in [1.807, 2.05) is 24.3 Å². The van der Waals surface area contributed by atoms with E-state index in [0.29, 0.717) is 17.0 Å². The lowest BCUT2D eigenvalue weighted by molar-refractivity contribution is 0.426. The third-order valence-corrected chi connectivity index (χ3v) is 4.83. The van der Waals surface area contributed by atoms with E-state index in [1.165, 1.54) is 28.7 Å². The summed E-state index contributed by atoms with van der Waals surface area (Å²) in [4.78, 5) is 25.1. The van der Waals surface area contributed by atoms with Crippen molar-refractivity contribution < 1.29 is 9.13 Å². The predicted octanol–water partition coefficient (Wildman–Crippen LogP) is 4.57. The third-order valence-electron chi connectivity index (χ3n) is 4.83. The zero-order valence-corrected chi connectivity index (χ0v) is 16.5. The van der Waals surface area contributed by atoms with Crippen LogP contribution in [0.2, 0.25) is 0 Å². The van der Waals surface area contributed by atoms with E-state index in [2.05, 4.69) is 21.0 Å². The zero-order chi connectivity index (χ0) is 22.1. The molecular weight excluding hydrogens is 409 g/mol. The van der Waals surface area contributed by atoms with Crippen LogP contribution < -0.4 is 10.3 Å². The van der Waals surface area contributed by atoms with Gasteiger partial charge >= 0.3 is 0 Å². The molecule has 3 heterocycles. The molecule has 0 fully saturated rings. The van der Waals surface area contributed by atoms with Crippen molar-refractivity contribution in [2.24, 2.45) is 0 Å². The van der Waals surface area contributed by atoms with Crippen LogP contribution in [-0.2, 0) is 0 Å². The van der Waals surface area contributed by atoms with E-state index in [1.54, 1.807) is 30.5 Å².